The minimum atomic E-state index is 0.193. The molecule has 2 heteroatoms. The lowest BCUT2D eigenvalue weighted by atomic mass is 9.84. The van der Waals surface area contributed by atoms with Crippen LogP contribution in [-0.2, 0) is 11.8 Å². The maximum absolute atomic E-state index is 3.53. The molecular weight excluding hydrogens is 220 g/mol. The van der Waals surface area contributed by atoms with Gasteiger partial charge in [0.2, 0.25) is 0 Å². The van der Waals surface area contributed by atoms with Crippen molar-refractivity contribution in [1.82, 2.24) is 10.6 Å². The molecule has 18 heavy (non-hydrogen) atoms. The minimum Gasteiger partial charge on any atom is -0.316 e. The third-order valence-electron chi connectivity index (χ3n) is 3.44. The van der Waals surface area contributed by atoms with Crippen molar-refractivity contribution < 1.29 is 0 Å². The van der Waals surface area contributed by atoms with Gasteiger partial charge in [0.25, 0.3) is 0 Å². The van der Waals surface area contributed by atoms with Gasteiger partial charge in [-0.2, -0.15) is 0 Å². The number of rotatable bonds is 8. The summed E-state index contributed by atoms with van der Waals surface area (Å²) in [4.78, 5) is 0. The Hall–Kier alpha value is -0.860. The van der Waals surface area contributed by atoms with Crippen LogP contribution in [0.5, 0.6) is 0 Å². The lowest BCUT2D eigenvalue weighted by molar-refractivity contribution is 0.466. The Bertz CT molecular complexity index is 327. The molecule has 102 valence electrons. The molecule has 1 aromatic rings. The molecule has 2 nitrogen and oxygen atoms in total. The molecule has 1 rings (SSSR count). The van der Waals surface area contributed by atoms with Crippen molar-refractivity contribution in [3.63, 3.8) is 0 Å². The Labute approximate surface area is 112 Å². The fraction of sp³-hybridized carbons (Fsp3) is 0.625. The van der Waals surface area contributed by atoms with E-state index < -0.39 is 0 Å². The van der Waals surface area contributed by atoms with Crippen LogP contribution in [-0.4, -0.2) is 26.2 Å². The van der Waals surface area contributed by atoms with Crippen LogP contribution in [0, 0.1) is 0 Å². The fourth-order valence-corrected chi connectivity index (χ4v) is 2.05. The van der Waals surface area contributed by atoms with Gasteiger partial charge in [0.1, 0.15) is 0 Å². The highest BCUT2D eigenvalue weighted by Crippen LogP contribution is 2.22. The minimum absolute atomic E-state index is 0.193. The normalized spacial score (nSPS) is 11.8. The van der Waals surface area contributed by atoms with Gasteiger partial charge >= 0.3 is 0 Å². The third-order valence-corrected chi connectivity index (χ3v) is 3.44. The van der Waals surface area contributed by atoms with Gasteiger partial charge in [0.05, 0.1) is 0 Å². The molecule has 1 aromatic carbocycles. The largest absolute Gasteiger partial charge is 0.316 e. The number of likely N-dealkylation sites (N-methyl/N-ethyl adjacent to an activating group) is 1. The first kappa shape index (κ1) is 15.2. The smallest absolute Gasteiger partial charge is 0.00770 e. The lowest BCUT2D eigenvalue weighted by Gasteiger charge is -2.26. The highest BCUT2D eigenvalue weighted by atomic mass is 14.9. The van der Waals surface area contributed by atoms with E-state index in [2.05, 4.69) is 62.6 Å². The molecule has 0 saturated carbocycles. The number of nitrogens with one attached hydrogen (secondary N) is 2. The van der Waals surface area contributed by atoms with E-state index in [1.807, 2.05) is 0 Å². The van der Waals surface area contributed by atoms with Crippen LogP contribution in [0.3, 0.4) is 0 Å². The zero-order valence-corrected chi connectivity index (χ0v) is 12.3. The molecule has 0 aliphatic rings. The van der Waals surface area contributed by atoms with Gasteiger partial charge in [-0.1, -0.05) is 52.0 Å². The van der Waals surface area contributed by atoms with E-state index in [1.54, 1.807) is 0 Å². The molecule has 0 radical (unpaired) electrons. The van der Waals surface area contributed by atoms with Crippen molar-refractivity contribution in [2.24, 2.45) is 0 Å². The molecule has 0 fully saturated rings. The van der Waals surface area contributed by atoms with Crippen LogP contribution in [0.4, 0.5) is 0 Å². The molecule has 0 bridgehead atoms. The molecule has 2 N–H and O–H groups in total. The van der Waals surface area contributed by atoms with Gasteiger partial charge in [-0.3, -0.25) is 0 Å². The summed E-state index contributed by atoms with van der Waals surface area (Å²) in [6.45, 7) is 13.1. The van der Waals surface area contributed by atoms with Crippen molar-refractivity contribution in [2.75, 3.05) is 26.2 Å². The van der Waals surface area contributed by atoms with Crippen LogP contribution >= 0.6 is 0 Å². The molecule has 0 unspecified atom stereocenters. The monoisotopic (exact) mass is 248 g/mol. The van der Waals surface area contributed by atoms with E-state index in [9.17, 15) is 0 Å². The molecule has 0 atom stereocenters. The van der Waals surface area contributed by atoms with Crippen molar-refractivity contribution in [1.29, 1.82) is 0 Å². The molecular formula is C16H28N2. The number of hydrogen-bond acceptors (Lipinski definition) is 2. The molecule has 0 spiro atoms. The van der Waals surface area contributed by atoms with Crippen LogP contribution in [0.1, 0.15) is 38.8 Å². The van der Waals surface area contributed by atoms with Crippen molar-refractivity contribution >= 4 is 0 Å². The van der Waals surface area contributed by atoms with Crippen LogP contribution in [0.15, 0.2) is 24.3 Å². The molecule has 0 heterocycles. The zero-order valence-electron chi connectivity index (χ0n) is 12.3. The Morgan fingerprint density at radius 2 is 1.56 bits per heavy atom. The first-order valence-corrected chi connectivity index (χ1v) is 7.11. The Kier molecular flexibility index (Phi) is 6.37. The van der Waals surface area contributed by atoms with Gasteiger partial charge in [0.15, 0.2) is 0 Å². The summed E-state index contributed by atoms with van der Waals surface area (Å²) in [5.41, 5.74) is 3.02. The van der Waals surface area contributed by atoms with Crippen LogP contribution in [0.2, 0.25) is 0 Å². The van der Waals surface area contributed by atoms with E-state index in [-0.39, 0.29) is 5.41 Å². The summed E-state index contributed by atoms with van der Waals surface area (Å²) in [5, 5.41) is 6.85. The predicted molar refractivity (Wildman–Crippen MR) is 80.3 cm³/mol. The summed E-state index contributed by atoms with van der Waals surface area (Å²) in [7, 11) is 0. The van der Waals surface area contributed by atoms with Crippen molar-refractivity contribution in [2.45, 2.75) is 39.5 Å². The summed E-state index contributed by atoms with van der Waals surface area (Å²) in [6.07, 6.45) is 1.11. The van der Waals surface area contributed by atoms with E-state index in [0.29, 0.717) is 0 Å². The van der Waals surface area contributed by atoms with Crippen molar-refractivity contribution in [3.05, 3.63) is 35.4 Å². The lowest BCUT2D eigenvalue weighted by Crippen LogP contribution is -2.36. The van der Waals surface area contributed by atoms with E-state index in [4.69, 9.17) is 0 Å². The zero-order chi connectivity index (χ0) is 13.4. The van der Waals surface area contributed by atoms with E-state index in [1.165, 1.54) is 11.1 Å². The predicted octanol–water partition coefficient (Wildman–Crippen LogP) is 2.73. The molecule has 0 saturated heterocycles. The summed E-state index contributed by atoms with van der Waals surface area (Å²) < 4.78 is 0. The van der Waals surface area contributed by atoms with Crippen molar-refractivity contribution in [3.8, 4) is 0 Å². The third kappa shape index (κ3) is 4.79. The molecule has 0 aliphatic carbocycles. The standard InChI is InChI=1S/C16H28N2/c1-5-14-7-9-15(10-8-14)16(3,4)13-18-12-11-17-6-2/h7-10,17-18H,5-6,11-13H2,1-4H3. The highest BCUT2D eigenvalue weighted by Gasteiger charge is 2.19. The second-order valence-electron chi connectivity index (χ2n) is 5.46. The van der Waals surface area contributed by atoms with Gasteiger partial charge < -0.3 is 10.6 Å². The Morgan fingerprint density at radius 3 is 2.11 bits per heavy atom. The maximum Gasteiger partial charge on any atom is 0.00770 e. The topological polar surface area (TPSA) is 24.1 Å². The fourth-order valence-electron chi connectivity index (χ4n) is 2.05. The molecule has 0 aliphatic heterocycles. The van der Waals surface area contributed by atoms with Gasteiger partial charge in [-0.25, -0.2) is 0 Å². The van der Waals surface area contributed by atoms with E-state index in [0.717, 1.165) is 32.6 Å². The van der Waals surface area contributed by atoms with Gasteiger partial charge in [-0.05, 0) is 24.1 Å². The van der Waals surface area contributed by atoms with Crippen LogP contribution < -0.4 is 10.6 Å². The number of aryl methyl sites for hydroxylation is 1. The summed E-state index contributed by atoms with van der Waals surface area (Å²) >= 11 is 0. The quantitative estimate of drug-likeness (QED) is 0.691. The Balaban J connectivity index is 2.45. The number of benzene rings is 1. The van der Waals surface area contributed by atoms with E-state index >= 15 is 0 Å². The molecule has 0 amide bonds. The number of hydrogen-bond donors (Lipinski definition) is 2. The Morgan fingerprint density at radius 1 is 0.944 bits per heavy atom. The summed E-state index contributed by atoms with van der Waals surface area (Å²) in [6, 6.07) is 9.03. The molecule has 0 aromatic heterocycles. The average molecular weight is 248 g/mol. The SMILES string of the molecule is CCNCCNCC(C)(C)c1ccc(CC)cc1. The first-order valence-electron chi connectivity index (χ1n) is 7.11. The average Bonchev–Trinajstić information content (AvgIpc) is 2.38. The summed E-state index contributed by atoms with van der Waals surface area (Å²) in [5.74, 6) is 0. The van der Waals surface area contributed by atoms with Gasteiger partial charge in [-0.15, -0.1) is 0 Å². The van der Waals surface area contributed by atoms with Gasteiger partial charge in [0, 0.05) is 25.0 Å². The second kappa shape index (κ2) is 7.55. The highest BCUT2D eigenvalue weighted by molar-refractivity contribution is 5.28. The maximum atomic E-state index is 3.53. The second-order valence-corrected chi connectivity index (χ2v) is 5.46. The van der Waals surface area contributed by atoms with Crippen LogP contribution in [0.25, 0.3) is 0 Å². The first-order chi connectivity index (χ1) is 8.60.